The van der Waals surface area contributed by atoms with Crippen molar-refractivity contribution in [3.05, 3.63) is 18.1 Å². The molecule has 2 rings (SSSR count). The predicted molar refractivity (Wildman–Crippen MR) is 72.1 cm³/mol. The van der Waals surface area contributed by atoms with Gasteiger partial charge >= 0.3 is 5.97 Å². The van der Waals surface area contributed by atoms with Gasteiger partial charge in [-0.05, 0) is 44.6 Å². The van der Waals surface area contributed by atoms with E-state index in [4.69, 9.17) is 9.47 Å². The van der Waals surface area contributed by atoms with Gasteiger partial charge in [-0.25, -0.2) is 0 Å². The highest BCUT2D eigenvalue weighted by molar-refractivity contribution is 5.74. The summed E-state index contributed by atoms with van der Waals surface area (Å²) in [6.07, 6.45) is 3.73. The minimum absolute atomic E-state index is 0.00502. The Bertz CT molecular complexity index is 470. The first kappa shape index (κ1) is 14.8. The largest absolute Gasteiger partial charge is 0.489 e. The molecule has 5 heteroatoms. The molecule has 0 aromatic carbocycles. The van der Waals surface area contributed by atoms with Crippen LogP contribution in [-0.2, 0) is 4.79 Å². The Hall–Kier alpha value is -1.65. The number of pyridine rings is 1. The van der Waals surface area contributed by atoms with Gasteiger partial charge in [0.25, 0.3) is 5.95 Å². The molecule has 0 amide bonds. The van der Waals surface area contributed by atoms with Gasteiger partial charge in [0.15, 0.2) is 5.75 Å². The van der Waals surface area contributed by atoms with Crippen molar-refractivity contribution in [2.45, 2.75) is 39.5 Å². The number of hydrogen-bond donors (Lipinski definition) is 0. The Kier molecular flexibility index (Phi) is 4.93. The first-order valence-corrected chi connectivity index (χ1v) is 7.11. The monoisotopic (exact) mass is 281 g/mol. The number of rotatable bonds is 4. The molecule has 110 valence electrons. The van der Waals surface area contributed by atoms with Crippen LogP contribution in [0.1, 0.15) is 39.5 Å². The topological polar surface area (TPSA) is 48.4 Å². The van der Waals surface area contributed by atoms with Gasteiger partial charge in [0.2, 0.25) is 5.88 Å². The quantitative estimate of drug-likeness (QED) is 0.627. The van der Waals surface area contributed by atoms with E-state index < -0.39 is 5.95 Å². The highest BCUT2D eigenvalue weighted by Gasteiger charge is 2.26. The summed E-state index contributed by atoms with van der Waals surface area (Å²) in [7, 11) is 0. The van der Waals surface area contributed by atoms with Crippen LogP contribution < -0.4 is 9.47 Å². The van der Waals surface area contributed by atoms with E-state index in [1.54, 1.807) is 6.92 Å². The number of carbonyl (C=O) groups excluding carboxylic acids is 1. The van der Waals surface area contributed by atoms with Gasteiger partial charge in [0.05, 0.1) is 12.5 Å². The van der Waals surface area contributed by atoms with Crippen molar-refractivity contribution in [2.24, 2.45) is 11.8 Å². The SMILES string of the molecule is CCOc1ccc(OC(=O)C2CCC(C)CC2)nc1F. The van der Waals surface area contributed by atoms with Crippen LogP contribution in [0.4, 0.5) is 4.39 Å². The van der Waals surface area contributed by atoms with Crippen molar-refractivity contribution in [2.75, 3.05) is 6.61 Å². The first-order chi connectivity index (χ1) is 9.60. The minimum Gasteiger partial charge on any atom is -0.489 e. The number of esters is 1. The van der Waals surface area contributed by atoms with Crippen molar-refractivity contribution >= 4 is 5.97 Å². The van der Waals surface area contributed by atoms with Crippen LogP contribution in [-0.4, -0.2) is 17.6 Å². The Balaban J connectivity index is 1.95. The molecule has 20 heavy (non-hydrogen) atoms. The molecule has 1 aromatic rings. The second kappa shape index (κ2) is 6.68. The summed E-state index contributed by atoms with van der Waals surface area (Å²) in [5, 5.41) is 0. The molecular weight excluding hydrogens is 261 g/mol. The van der Waals surface area contributed by atoms with Crippen LogP contribution >= 0.6 is 0 Å². The number of aromatic nitrogens is 1. The van der Waals surface area contributed by atoms with Crippen molar-refractivity contribution in [3.8, 4) is 11.6 Å². The zero-order chi connectivity index (χ0) is 14.5. The summed E-state index contributed by atoms with van der Waals surface area (Å²) < 4.78 is 23.8. The molecule has 4 nitrogen and oxygen atoms in total. The van der Waals surface area contributed by atoms with E-state index in [2.05, 4.69) is 11.9 Å². The maximum atomic E-state index is 13.6. The van der Waals surface area contributed by atoms with Crippen LogP contribution in [0.5, 0.6) is 11.6 Å². The molecule has 1 aliphatic carbocycles. The number of hydrogen-bond acceptors (Lipinski definition) is 4. The fraction of sp³-hybridized carbons (Fsp3) is 0.600. The standard InChI is InChI=1S/C15H20FNO3/c1-3-19-12-8-9-13(17-14(12)16)20-15(18)11-6-4-10(2)5-7-11/h8-11H,3-7H2,1-2H3. The van der Waals surface area contributed by atoms with Crippen molar-refractivity contribution in [3.63, 3.8) is 0 Å². The highest BCUT2D eigenvalue weighted by atomic mass is 19.1. The van der Waals surface area contributed by atoms with Crippen molar-refractivity contribution < 1.29 is 18.7 Å². The van der Waals surface area contributed by atoms with Crippen LogP contribution in [0.3, 0.4) is 0 Å². The lowest BCUT2D eigenvalue weighted by molar-refractivity contribution is -0.140. The molecule has 1 aliphatic rings. The molecule has 0 N–H and O–H groups in total. The molecule has 0 spiro atoms. The molecular formula is C15H20FNO3. The van der Waals surface area contributed by atoms with Crippen LogP contribution in [0.2, 0.25) is 0 Å². The predicted octanol–water partition coefficient (Wildman–Crippen LogP) is 3.35. The molecule has 0 atom stereocenters. The molecule has 0 bridgehead atoms. The van der Waals surface area contributed by atoms with Gasteiger partial charge in [-0.3, -0.25) is 4.79 Å². The van der Waals surface area contributed by atoms with E-state index in [9.17, 15) is 9.18 Å². The molecule has 1 aromatic heterocycles. The normalized spacial score (nSPS) is 22.4. The minimum atomic E-state index is -0.755. The summed E-state index contributed by atoms with van der Waals surface area (Å²) in [4.78, 5) is 15.6. The highest BCUT2D eigenvalue weighted by Crippen LogP contribution is 2.29. The van der Waals surface area contributed by atoms with E-state index in [-0.39, 0.29) is 23.5 Å². The molecule has 1 heterocycles. The lowest BCUT2D eigenvalue weighted by Crippen LogP contribution is -2.25. The van der Waals surface area contributed by atoms with E-state index in [1.807, 2.05) is 0 Å². The van der Waals surface area contributed by atoms with Gasteiger partial charge in [0.1, 0.15) is 0 Å². The fourth-order valence-corrected chi connectivity index (χ4v) is 2.41. The number of carbonyl (C=O) groups is 1. The lowest BCUT2D eigenvalue weighted by atomic mass is 9.83. The summed E-state index contributed by atoms with van der Waals surface area (Å²) in [5.41, 5.74) is 0. The molecule has 1 fully saturated rings. The van der Waals surface area contributed by atoms with Crippen LogP contribution in [0, 0.1) is 17.8 Å². The maximum absolute atomic E-state index is 13.6. The van der Waals surface area contributed by atoms with Crippen LogP contribution in [0.15, 0.2) is 12.1 Å². The summed E-state index contributed by atoms with van der Waals surface area (Å²) in [5.74, 6) is -0.432. The third kappa shape index (κ3) is 3.68. The van der Waals surface area contributed by atoms with E-state index in [0.29, 0.717) is 12.5 Å². The Morgan fingerprint density at radius 2 is 2.05 bits per heavy atom. The van der Waals surface area contributed by atoms with E-state index in [1.165, 1.54) is 12.1 Å². The Morgan fingerprint density at radius 1 is 1.35 bits per heavy atom. The van der Waals surface area contributed by atoms with E-state index in [0.717, 1.165) is 25.7 Å². The van der Waals surface area contributed by atoms with Gasteiger partial charge in [-0.15, -0.1) is 0 Å². The van der Waals surface area contributed by atoms with Gasteiger partial charge < -0.3 is 9.47 Å². The Labute approximate surface area is 118 Å². The zero-order valence-corrected chi connectivity index (χ0v) is 11.9. The maximum Gasteiger partial charge on any atom is 0.315 e. The molecule has 1 saturated carbocycles. The van der Waals surface area contributed by atoms with Gasteiger partial charge in [-0.1, -0.05) is 6.92 Å². The average Bonchev–Trinajstić information content (AvgIpc) is 2.42. The third-order valence-electron chi connectivity index (χ3n) is 3.64. The molecule has 0 radical (unpaired) electrons. The summed E-state index contributed by atoms with van der Waals surface area (Å²) >= 11 is 0. The number of nitrogens with zero attached hydrogens (tertiary/aromatic N) is 1. The fourth-order valence-electron chi connectivity index (χ4n) is 2.41. The number of halogens is 1. The molecule has 0 saturated heterocycles. The van der Waals surface area contributed by atoms with Crippen molar-refractivity contribution in [1.82, 2.24) is 4.98 Å². The number of ether oxygens (including phenoxy) is 2. The molecule has 0 aliphatic heterocycles. The second-order valence-electron chi connectivity index (χ2n) is 5.25. The third-order valence-corrected chi connectivity index (χ3v) is 3.64. The van der Waals surface area contributed by atoms with E-state index >= 15 is 0 Å². The smallest absolute Gasteiger partial charge is 0.315 e. The average molecular weight is 281 g/mol. The zero-order valence-electron chi connectivity index (χ0n) is 11.9. The van der Waals surface area contributed by atoms with Crippen LogP contribution in [0.25, 0.3) is 0 Å². The summed E-state index contributed by atoms with van der Waals surface area (Å²) in [6.45, 7) is 4.31. The van der Waals surface area contributed by atoms with Gasteiger partial charge in [0, 0.05) is 6.07 Å². The van der Waals surface area contributed by atoms with Gasteiger partial charge in [-0.2, -0.15) is 9.37 Å². The first-order valence-electron chi connectivity index (χ1n) is 7.11. The summed E-state index contributed by atoms with van der Waals surface area (Å²) in [6, 6.07) is 2.88. The Morgan fingerprint density at radius 3 is 2.65 bits per heavy atom. The molecule has 0 unspecified atom stereocenters. The second-order valence-corrected chi connectivity index (χ2v) is 5.25. The van der Waals surface area contributed by atoms with Crippen molar-refractivity contribution in [1.29, 1.82) is 0 Å². The lowest BCUT2D eigenvalue weighted by Gasteiger charge is -2.24.